The molecule has 24 heavy (non-hydrogen) atoms. The number of benzene rings is 1. The Morgan fingerprint density at radius 2 is 2.00 bits per heavy atom. The van der Waals surface area contributed by atoms with Gasteiger partial charge in [-0.1, -0.05) is 43.2 Å². The standard InChI is InChI=1S/C17H21F2N3OS/c1-11(15(23)20-12-7-3-2-4-8-12)24-17-21-13-9-5-6-10-14(13)22(17)16(18)19/h5-6,9-12,16H,2-4,7-8H2,1H3,(H,20,23). The minimum absolute atomic E-state index is 0.111. The van der Waals surface area contributed by atoms with Gasteiger partial charge >= 0.3 is 6.55 Å². The molecule has 7 heteroatoms. The van der Waals surface area contributed by atoms with Gasteiger partial charge < -0.3 is 5.32 Å². The smallest absolute Gasteiger partial charge is 0.321 e. The zero-order valence-corrected chi connectivity index (χ0v) is 14.4. The summed E-state index contributed by atoms with van der Waals surface area (Å²) in [6.45, 7) is -0.952. The number of carbonyl (C=O) groups excluding carboxylic acids is 1. The van der Waals surface area contributed by atoms with Crippen molar-refractivity contribution in [3.63, 3.8) is 0 Å². The maximum atomic E-state index is 13.4. The minimum Gasteiger partial charge on any atom is -0.352 e. The van der Waals surface area contributed by atoms with Gasteiger partial charge in [0.25, 0.3) is 0 Å². The van der Waals surface area contributed by atoms with Crippen molar-refractivity contribution < 1.29 is 13.6 Å². The van der Waals surface area contributed by atoms with Crippen LogP contribution in [0.5, 0.6) is 0 Å². The van der Waals surface area contributed by atoms with Crippen molar-refractivity contribution in [3.8, 4) is 0 Å². The molecular weight excluding hydrogens is 332 g/mol. The second kappa shape index (κ2) is 7.51. The zero-order valence-electron chi connectivity index (χ0n) is 13.5. The highest BCUT2D eigenvalue weighted by atomic mass is 32.2. The number of amides is 1. The van der Waals surface area contributed by atoms with Gasteiger partial charge in [0.2, 0.25) is 5.91 Å². The average Bonchev–Trinajstić information content (AvgIpc) is 2.93. The van der Waals surface area contributed by atoms with Gasteiger partial charge in [0.1, 0.15) is 0 Å². The summed E-state index contributed by atoms with van der Waals surface area (Å²) in [5.74, 6) is -0.111. The first kappa shape index (κ1) is 17.2. The molecule has 1 aliphatic rings. The summed E-state index contributed by atoms with van der Waals surface area (Å²) in [6.07, 6.45) is 5.48. The predicted octanol–water partition coefficient (Wildman–Crippen LogP) is 4.36. The van der Waals surface area contributed by atoms with Gasteiger partial charge in [-0.2, -0.15) is 8.78 Å². The summed E-state index contributed by atoms with van der Waals surface area (Å²) in [4.78, 5) is 16.6. The molecule has 1 aromatic carbocycles. The minimum atomic E-state index is -2.69. The molecule has 1 aromatic heterocycles. The lowest BCUT2D eigenvalue weighted by atomic mass is 9.95. The summed E-state index contributed by atoms with van der Waals surface area (Å²) in [5.41, 5.74) is 0.898. The highest BCUT2D eigenvalue weighted by Gasteiger charge is 2.24. The number of imidazole rings is 1. The van der Waals surface area contributed by atoms with E-state index < -0.39 is 11.8 Å². The number of aromatic nitrogens is 2. The number of nitrogens with zero attached hydrogens (tertiary/aromatic N) is 2. The largest absolute Gasteiger partial charge is 0.352 e. The van der Waals surface area contributed by atoms with E-state index in [4.69, 9.17) is 0 Å². The lowest BCUT2D eigenvalue weighted by Crippen LogP contribution is -2.40. The number of nitrogens with one attached hydrogen (secondary N) is 1. The number of fused-ring (bicyclic) bond motifs is 1. The Hall–Kier alpha value is -1.63. The molecule has 2 aromatic rings. The molecule has 130 valence electrons. The van der Waals surface area contributed by atoms with Crippen LogP contribution in [0.25, 0.3) is 11.0 Å². The Morgan fingerprint density at radius 1 is 1.29 bits per heavy atom. The number of thioether (sulfide) groups is 1. The number of hydrogen-bond acceptors (Lipinski definition) is 3. The SMILES string of the molecule is CC(Sc1nc2ccccc2n1C(F)F)C(=O)NC1CCCCC1. The second-order valence-corrected chi connectivity index (χ2v) is 7.44. The molecule has 1 saturated carbocycles. The molecule has 1 aliphatic carbocycles. The van der Waals surface area contributed by atoms with Crippen LogP contribution in [0.1, 0.15) is 45.6 Å². The topological polar surface area (TPSA) is 46.9 Å². The van der Waals surface area contributed by atoms with Crippen LogP contribution in [-0.2, 0) is 4.79 Å². The summed E-state index contributed by atoms with van der Waals surface area (Å²) in [6, 6.07) is 6.99. The predicted molar refractivity (Wildman–Crippen MR) is 91.3 cm³/mol. The maximum Gasteiger partial charge on any atom is 0.321 e. The highest BCUT2D eigenvalue weighted by molar-refractivity contribution is 8.00. The van der Waals surface area contributed by atoms with Crippen molar-refractivity contribution in [3.05, 3.63) is 24.3 Å². The molecule has 4 nitrogen and oxygen atoms in total. The van der Waals surface area contributed by atoms with Crippen molar-refractivity contribution in [1.29, 1.82) is 0 Å². The van der Waals surface area contributed by atoms with Crippen LogP contribution in [0.3, 0.4) is 0 Å². The molecule has 0 radical (unpaired) electrons. The molecule has 1 amide bonds. The van der Waals surface area contributed by atoms with E-state index in [1.165, 1.54) is 6.42 Å². The molecule has 1 heterocycles. The molecule has 1 N–H and O–H groups in total. The van der Waals surface area contributed by atoms with Crippen molar-refractivity contribution in [2.24, 2.45) is 0 Å². The number of halogens is 2. The van der Waals surface area contributed by atoms with Crippen LogP contribution in [0.4, 0.5) is 8.78 Å². The Bertz CT molecular complexity index is 713. The fraction of sp³-hybridized carbons (Fsp3) is 0.529. The lowest BCUT2D eigenvalue weighted by Gasteiger charge is -2.24. The molecule has 0 spiro atoms. The number of carbonyl (C=O) groups is 1. The summed E-state index contributed by atoms with van der Waals surface area (Å²) >= 11 is 1.08. The fourth-order valence-corrected chi connectivity index (χ4v) is 4.01. The Labute approximate surface area is 144 Å². The van der Waals surface area contributed by atoms with Gasteiger partial charge in [-0.15, -0.1) is 0 Å². The summed E-state index contributed by atoms with van der Waals surface area (Å²) in [7, 11) is 0. The van der Waals surface area contributed by atoms with Crippen LogP contribution >= 0.6 is 11.8 Å². The molecule has 1 fully saturated rings. The van der Waals surface area contributed by atoms with E-state index in [1.54, 1.807) is 31.2 Å². The van der Waals surface area contributed by atoms with E-state index in [9.17, 15) is 13.6 Å². The van der Waals surface area contributed by atoms with E-state index >= 15 is 0 Å². The van der Waals surface area contributed by atoms with Crippen LogP contribution < -0.4 is 5.32 Å². The van der Waals surface area contributed by atoms with Crippen molar-refractivity contribution in [1.82, 2.24) is 14.9 Å². The first-order valence-electron chi connectivity index (χ1n) is 8.28. The van der Waals surface area contributed by atoms with Crippen molar-refractivity contribution in [2.75, 3.05) is 0 Å². The fourth-order valence-electron chi connectivity index (χ4n) is 3.07. The van der Waals surface area contributed by atoms with Crippen molar-refractivity contribution >= 4 is 28.7 Å². The van der Waals surface area contributed by atoms with Gasteiger partial charge in [0.05, 0.1) is 16.3 Å². The normalized spacial score (nSPS) is 17.3. The second-order valence-electron chi connectivity index (χ2n) is 6.13. The Balaban J connectivity index is 1.73. The molecule has 1 unspecified atom stereocenters. The number of hydrogen-bond donors (Lipinski definition) is 1. The van der Waals surface area contributed by atoms with Gasteiger partial charge in [-0.3, -0.25) is 9.36 Å². The lowest BCUT2D eigenvalue weighted by molar-refractivity contribution is -0.121. The molecule has 0 saturated heterocycles. The van der Waals surface area contributed by atoms with E-state index in [2.05, 4.69) is 10.3 Å². The van der Waals surface area contributed by atoms with E-state index in [1.807, 2.05) is 0 Å². The molecule has 0 aliphatic heterocycles. The van der Waals surface area contributed by atoms with Crippen LogP contribution in [0.2, 0.25) is 0 Å². The third kappa shape index (κ3) is 3.71. The quantitative estimate of drug-likeness (QED) is 0.813. The number of alkyl halides is 2. The van der Waals surface area contributed by atoms with E-state index in [-0.39, 0.29) is 17.1 Å². The highest BCUT2D eigenvalue weighted by Crippen LogP contribution is 2.31. The zero-order chi connectivity index (χ0) is 17.1. The molecule has 1 atom stereocenters. The van der Waals surface area contributed by atoms with Gasteiger partial charge in [0, 0.05) is 6.04 Å². The van der Waals surface area contributed by atoms with E-state index in [0.29, 0.717) is 11.0 Å². The first-order valence-corrected chi connectivity index (χ1v) is 9.16. The maximum absolute atomic E-state index is 13.4. The van der Waals surface area contributed by atoms with Crippen LogP contribution in [-0.4, -0.2) is 26.8 Å². The molecule has 0 bridgehead atoms. The van der Waals surface area contributed by atoms with Gasteiger partial charge in [-0.25, -0.2) is 4.98 Å². The third-order valence-corrected chi connectivity index (χ3v) is 5.43. The Morgan fingerprint density at radius 3 is 2.71 bits per heavy atom. The molecular formula is C17H21F2N3OS. The molecule has 3 rings (SSSR count). The van der Waals surface area contributed by atoms with Crippen LogP contribution in [0.15, 0.2) is 29.4 Å². The summed E-state index contributed by atoms with van der Waals surface area (Å²) in [5, 5.41) is 2.74. The Kier molecular flexibility index (Phi) is 5.38. The monoisotopic (exact) mass is 353 g/mol. The summed E-state index contributed by atoms with van der Waals surface area (Å²) < 4.78 is 27.7. The van der Waals surface area contributed by atoms with Gasteiger partial charge in [0.15, 0.2) is 5.16 Å². The number of para-hydroxylation sites is 2. The third-order valence-electron chi connectivity index (χ3n) is 4.36. The first-order chi connectivity index (χ1) is 11.6. The average molecular weight is 353 g/mol. The number of rotatable bonds is 5. The van der Waals surface area contributed by atoms with Crippen LogP contribution in [0, 0.1) is 0 Å². The van der Waals surface area contributed by atoms with Gasteiger partial charge in [-0.05, 0) is 31.9 Å². The van der Waals surface area contributed by atoms with Crippen molar-refractivity contribution in [2.45, 2.75) is 62.0 Å². The van der Waals surface area contributed by atoms with E-state index in [0.717, 1.165) is 42.0 Å².